The van der Waals surface area contributed by atoms with Crippen molar-refractivity contribution in [2.75, 3.05) is 31.1 Å². The number of nitrogens with one attached hydrogen (secondary N) is 1. The minimum atomic E-state index is -0.106. The first-order valence-corrected chi connectivity index (χ1v) is 11.0. The number of pyridine rings is 1. The molecule has 1 aromatic rings. The van der Waals surface area contributed by atoms with Crippen LogP contribution in [0.3, 0.4) is 0 Å². The Balaban J connectivity index is 1.18. The zero-order valence-electron chi connectivity index (χ0n) is 16.0. The Morgan fingerprint density at radius 1 is 1.11 bits per heavy atom. The third-order valence-corrected chi connectivity index (χ3v) is 6.92. The molecule has 4 rings (SSSR count). The number of hydrogen-bond donors (Lipinski definition) is 1. The molecule has 0 unspecified atom stereocenters. The maximum atomic E-state index is 12.5. The second-order valence-corrected chi connectivity index (χ2v) is 8.77. The van der Waals surface area contributed by atoms with E-state index in [-0.39, 0.29) is 24.7 Å². The zero-order chi connectivity index (χ0) is 19.3. The number of thioether (sulfide) groups is 1. The van der Waals surface area contributed by atoms with Gasteiger partial charge in [0.15, 0.2) is 5.17 Å². The number of fused-ring (bicyclic) bond motifs is 1. The van der Waals surface area contributed by atoms with Crippen LogP contribution in [0.5, 0.6) is 0 Å². The Hall–Kier alpha value is -2.09. The van der Waals surface area contributed by atoms with Crippen LogP contribution in [0.15, 0.2) is 29.4 Å². The van der Waals surface area contributed by atoms with Gasteiger partial charge in [-0.2, -0.15) is 0 Å². The fraction of sp³-hybridized carbons (Fsp3) is 0.600. The Kier molecular flexibility index (Phi) is 6.14. The van der Waals surface area contributed by atoms with Crippen molar-refractivity contribution >= 4 is 34.6 Å². The molecule has 150 valence electrons. The highest BCUT2D eigenvalue weighted by Gasteiger charge is 2.32. The summed E-state index contributed by atoms with van der Waals surface area (Å²) in [5.41, 5.74) is 0. The number of aliphatic imine (C=N–C) groups is 1. The van der Waals surface area contributed by atoms with Crippen LogP contribution < -0.4 is 10.2 Å². The van der Waals surface area contributed by atoms with Crippen LogP contribution >= 0.6 is 11.8 Å². The Morgan fingerprint density at radius 2 is 1.93 bits per heavy atom. The van der Waals surface area contributed by atoms with E-state index >= 15 is 0 Å². The first-order valence-electron chi connectivity index (χ1n) is 10.2. The maximum Gasteiger partial charge on any atom is 0.226 e. The minimum absolute atomic E-state index is 0.0468. The summed E-state index contributed by atoms with van der Waals surface area (Å²) in [7, 11) is 0. The van der Waals surface area contributed by atoms with Gasteiger partial charge < -0.3 is 15.1 Å². The second-order valence-electron chi connectivity index (χ2n) is 7.55. The molecule has 1 N–H and O–H groups in total. The summed E-state index contributed by atoms with van der Waals surface area (Å²) in [5, 5.41) is 4.19. The molecule has 0 bridgehead atoms. The molecule has 2 amide bonds. The number of piperazine rings is 1. The Bertz CT molecular complexity index is 733. The summed E-state index contributed by atoms with van der Waals surface area (Å²) < 4.78 is 0. The van der Waals surface area contributed by atoms with Crippen LogP contribution in [-0.4, -0.2) is 64.3 Å². The molecule has 1 saturated carbocycles. The van der Waals surface area contributed by atoms with Crippen molar-refractivity contribution in [2.24, 2.45) is 4.99 Å². The quantitative estimate of drug-likeness (QED) is 0.835. The van der Waals surface area contributed by atoms with E-state index in [9.17, 15) is 9.59 Å². The molecule has 7 nitrogen and oxygen atoms in total. The normalized spacial score (nSPS) is 24.5. The summed E-state index contributed by atoms with van der Waals surface area (Å²) in [4.78, 5) is 37.7. The number of carbonyl (C=O) groups is 2. The maximum absolute atomic E-state index is 12.5. The fourth-order valence-electron chi connectivity index (χ4n) is 4.03. The summed E-state index contributed by atoms with van der Waals surface area (Å²) in [6.07, 6.45) is 7.05. The van der Waals surface area contributed by atoms with E-state index in [1.807, 2.05) is 23.1 Å². The molecular weight excluding hydrogens is 374 g/mol. The van der Waals surface area contributed by atoms with Gasteiger partial charge in [-0.3, -0.25) is 14.6 Å². The molecule has 1 aliphatic carbocycles. The number of amides is 2. The van der Waals surface area contributed by atoms with Crippen molar-refractivity contribution in [3.63, 3.8) is 0 Å². The van der Waals surface area contributed by atoms with Crippen LogP contribution in [0.1, 0.15) is 38.5 Å². The average molecular weight is 402 g/mol. The van der Waals surface area contributed by atoms with Crippen molar-refractivity contribution in [3.8, 4) is 0 Å². The highest BCUT2D eigenvalue weighted by Crippen LogP contribution is 2.36. The molecule has 1 saturated heterocycles. The van der Waals surface area contributed by atoms with E-state index in [4.69, 9.17) is 0 Å². The smallest absolute Gasteiger partial charge is 0.226 e. The molecule has 2 atom stereocenters. The van der Waals surface area contributed by atoms with Gasteiger partial charge in [0.2, 0.25) is 11.8 Å². The van der Waals surface area contributed by atoms with E-state index in [0.29, 0.717) is 24.4 Å². The topological polar surface area (TPSA) is 77.9 Å². The highest BCUT2D eigenvalue weighted by atomic mass is 32.2. The van der Waals surface area contributed by atoms with Crippen molar-refractivity contribution in [1.29, 1.82) is 0 Å². The molecule has 2 aliphatic heterocycles. The van der Waals surface area contributed by atoms with Crippen LogP contribution in [0, 0.1) is 0 Å². The molecule has 0 spiro atoms. The number of anilines is 1. The summed E-state index contributed by atoms with van der Waals surface area (Å²) in [6, 6.07) is 6.23. The van der Waals surface area contributed by atoms with Crippen molar-refractivity contribution < 1.29 is 9.59 Å². The standard InChI is InChI=1S/C20H27N5O2S/c26-18(23-20-22-15-5-1-2-6-16(15)28-20)8-9-19(27)25-13-11-24(12-14-25)17-7-3-4-10-21-17/h3-4,7,10,15-16H,1-2,5-6,8-9,11-14H2,(H,22,23,26)/t15-,16-/m1/s1. The predicted molar refractivity (Wildman–Crippen MR) is 111 cm³/mol. The fourth-order valence-corrected chi connectivity index (χ4v) is 5.33. The van der Waals surface area contributed by atoms with Gasteiger partial charge >= 0.3 is 0 Å². The highest BCUT2D eigenvalue weighted by molar-refractivity contribution is 8.14. The SMILES string of the molecule is O=C(CCC(=O)N1CCN(c2ccccn2)CC1)NC1=N[C@@H]2CCCC[C@H]2S1. The number of rotatable bonds is 4. The lowest BCUT2D eigenvalue weighted by atomic mass is 9.96. The number of carbonyl (C=O) groups excluding carboxylic acids is 2. The second kappa shape index (κ2) is 8.94. The molecule has 28 heavy (non-hydrogen) atoms. The van der Waals surface area contributed by atoms with Gasteiger partial charge in [0.25, 0.3) is 0 Å². The first-order chi connectivity index (χ1) is 13.7. The predicted octanol–water partition coefficient (Wildman–Crippen LogP) is 2.04. The van der Waals surface area contributed by atoms with Crippen molar-refractivity contribution in [2.45, 2.75) is 49.8 Å². The van der Waals surface area contributed by atoms with E-state index in [1.165, 1.54) is 19.3 Å². The van der Waals surface area contributed by atoms with Gasteiger partial charge in [0.05, 0.1) is 6.04 Å². The molecule has 2 fully saturated rings. The number of hydrogen-bond acceptors (Lipinski definition) is 6. The summed E-state index contributed by atoms with van der Waals surface area (Å²) in [6.45, 7) is 2.88. The molecule has 8 heteroatoms. The molecule has 3 aliphatic rings. The lowest BCUT2D eigenvalue weighted by molar-refractivity contribution is -0.133. The molecule has 1 aromatic heterocycles. The van der Waals surface area contributed by atoms with Crippen LogP contribution in [0.4, 0.5) is 5.82 Å². The van der Waals surface area contributed by atoms with Gasteiger partial charge in [0, 0.05) is 50.5 Å². The Labute approximate surface area is 170 Å². The third kappa shape index (κ3) is 4.66. The van der Waals surface area contributed by atoms with Gasteiger partial charge in [-0.1, -0.05) is 30.7 Å². The van der Waals surface area contributed by atoms with Crippen LogP contribution in [-0.2, 0) is 9.59 Å². The molecule has 3 heterocycles. The van der Waals surface area contributed by atoms with E-state index < -0.39 is 0 Å². The zero-order valence-corrected chi connectivity index (χ0v) is 16.9. The van der Waals surface area contributed by atoms with Gasteiger partial charge in [-0.05, 0) is 25.0 Å². The lowest BCUT2D eigenvalue weighted by Gasteiger charge is -2.35. The van der Waals surface area contributed by atoms with Crippen LogP contribution in [0.2, 0.25) is 0 Å². The lowest BCUT2D eigenvalue weighted by Crippen LogP contribution is -2.49. The molecule has 0 aromatic carbocycles. The third-order valence-electron chi connectivity index (χ3n) is 5.63. The largest absolute Gasteiger partial charge is 0.353 e. The number of amidine groups is 1. The first kappa shape index (κ1) is 19.2. The van der Waals surface area contributed by atoms with Gasteiger partial charge in [-0.25, -0.2) is 4.98 Å². The Morgan fingerprint density at radius 3 is 2.68 bits per heavy atom. The minimum Gasteiger partial charge on any atom is -0.353 e. The summed E-state index contributed by atoms with van der Waals surface area (Å²) >= 11 is 1.69. The van der Waals surface area contributed by atoms with Crippen molar-refractivity contribution in [1.82, 2.24) is 15.2 Å². The van der Waals surface area contributed by atoms with Crippen LogP contribution in [0.25, 0.3) is 0 Å². The number of nitrogens with zero attached hydrogens (tertiary/aromatic N) is 4. The van der Waals surface area contributed by atoms with Crippen molar-refractivity contribution in [3.05, 3.63) is 24.4 Å². The van der Waals surface area contributed by atoms with Gasteiger partial charge in [-0.15, -0.1) is 0 Å². The average Bonchev–Trinajstić information content (AvgIpc) is 3.15. The summed E-state index contributed by atoms with van der Waals surface area (Å²) in [5.74, 6) is 0.889. The monoisotopic (exact) mass is 401 g/mol. The van der Waals surface area contributed by atoms with E-state index in [1.54, 1.807) is 18.0 Å². The van der Waals surface area contributed by atoms with Gasteiger partial charge in [0.1, 0.15) is 5.82 Å². The molecule has 0 radical (unpaired) electrons. The number of aromatic nitrogens is 1. The molecular formula is C20H27N5O2S. The van der Waals surface area contributed by atoms with E-state index in [2.05, 4.69) is 20.2 Å². The van der Waals surface area contributed by atoms with E-state index in [0.717, 1.165) is 30.5 Å².